The first-order chi connectivity index (χ1) is 8.49. The quantitative estimate of drug-likeness (QED) is 0.814. The molecule has 3 nitrogen and oxygen atoms in total. The second-order valence-electron chi connectivity index (χ2n) is 4.81. The van der Waals surface area contributed by atoms with Crippen molar-refractivity contribution in [3.63, 3.8) is 0 Å². The minimum Gasteiger partial charge on any atom is -0.396 e. The van der Waals surface area contributed by atoms with Crippen LogP contribution < -0.4 is 11.1 Å². The molecule has 1 unspecified atom stereocenters. The Labute approximate surface area is 104 Å². The van der Waals surface area contributed by atoms with Crippen molar-refractivity contribution < 1.29 is 13.6 Å². The van der Waals surface area contributed by atoms with Crippen LogP contribution >= 0.6 is 0 Å². The second kappa shape index (κ2) is 4.92. The zero-order valence-corrected chi connectivity index (χ0v) is 10.2. The lowest BCUT2D eigenvalue weighted by molar-refractivity contribution is 0.0905. The smallest absolute Gasteiger partial charge is 0.254 e. The maximum Gasteiger partial charge on any atom is 0.254 e. The number of carbonyl (C=O) groups is 1. The zero-order valence-electron chi connectivity index (χ0n) is 10.2. The van der Waals surface area contributed by atoms with E-state index in [1.807, 2.05) is 6.92 Å². The van der Waals surface area contributed by atoms with E-state index in [4.69, 9.17) is 5.73 Å². The molecule has 3 N–H and O–H groups in total. The van der Waals surface area contributed by atoms with Crippen molar-refractivity contribution in [2.24, 2.45) is 5.92 Å². The number of anilines is 1. The van der Waals surface area contributed by atoms with E-state index in [1.165, 1.54) is 0 Å². The lowest BCUT2D eigenvalue weighted by Crippen LogP contribution is -2.41. The molecular weight excluding hydrogens is 238 g/mol. The Kier molecular flexibility index (Phi) is 3.50. The molecule has 1 aromatic rings. The van der Waals surface area contributed by atoms with E-state index in [2.05, 4.69) is 5.32 Å². The summed E-state index contributed by atoms with van der Waals surface area (Å²) in [4.78, 5) is 11.9. The van der Waals surface area contributed by atoms with Crippen LogP contribution in [0.15, 0.2) is 12.1 Å². The van der Waals surface area contributed by atoms with Crippen molar-refractivity contribution in [3.8, 4) is 0 Å². The highest BCUT2D eigenvalue weighted by Gasteiger charge is 2.26. The molecular formula is C13H16F2N2O. The Morgan fingerprint density at radius 2 is 2.11 bits per heavy atom. The number of carbonyl (C=O) groups excluding carboxylic acids is 1. The van der Waals surface area contributed by atoms with Crippen molar-refractivity contribution in [1.82, 2.24) is 5.32 Å². The predicted molar refractivity (Wildman–Crippen MR) is 65.0 cm³/mol. The van der Waals surface area contributed by atoms with Gasteiger partial charge in [0.15, 0.2) is 5.82 Å². The van der Waals surface area contributed by atoms with E-state index in [-0.39, 0.29) is 17.3 Å². The average Bonchev–Trinajstić information content (AvgIpc) is 2.20. The highest BCUT2D eigenvalue weighted by molar-refractivity contribution is 5.95. The topological polar surface area (TPSA) is 55.1 Å². The first kappa shape index (κ1) is 12.8. The number of hydrogen-bond acceptors (Lipinski definition) is 2. The van der Waals surface area contributed by atoms with Gasteiger partial charge in [-0.2, -0.15) is 0 Å². The summed E-state index contributed by atoms with van der Waals surface area (Å²) in [5.41, 5.74) is 4.61. The fourth-order valence-corrected chi connectivity index (χ4v) is 2.12. The molecule has 1 fully saturated rings. The molecule has 0 aromatic heterocycles. The SMILES string of the molecule is CC(NC(=O)c1cc(F)cc(N)c1F)C1CCC1. The molecule has 0 saturated heterocycles. The van der Waals surface area contributed by atoms with Crippen LogP contribution in [0.5, 0.6) is 0 Å². The maximum atomic E-state index is 13.6. The summed E-state index contributed by atoms with van der Waals surface area (Å²) in [6.07, 6.45) is 3.29. The number of nitrogens with one attached hydrogen (secondary N) is 1. The van der Waals surface area contributed by atoms with Crippen molar-refractivity contribution >= 4 is 11.6 Å². The number of nitrogen functional groups attached to an aromatic ring is 1. The van der Waals surface area contributed by atoms with Gasteiger partial charge in [0.1, 0.15) is 5.82 Å². The maximum absolute atomic E-state index is 13.6. The van der Waals surface area contributed by atoms with Crippen molar-refractivity contribution in [2.45, 2.75) is 32.2 Å². The van der Waals surface area contributed by atoms with Gasteiger partial charge < -0.3 is 11.1 Å². The minimum absolute atomic E-state index is 0.0323. The molecule has 1 atom stereocenters. The lowest BCUT2D eigenvalue weighted by atomic mass is 9.80. The summed E-state index contributed by atoms with van der Waals surface area (Å²) in [5, 5.41) is 2.69. The van der Waals surface area contributed by atoms with E-state index < -0.39 is 17.5 Å². The second-order valence-corrected chi connectivity index (χ2v) is 4.81. The molecule has 0 radical (unpaired) electrons. The number of benzene rings is 1. The van der Waals surface area contributed by atoms with Gasteiger partial charge in [0.25, 0.3) is 5.91 Å². The summed E-state index contributed by atoms with van der Waals surface area (Å²) < 4.78 is 26.7. The molecule has 1 aromatic carbocycles. The minimum atomic E-state index is -0.866. The van der Waals surface area contributed by atoms with Gasteiger partial charge in [0, 0.05) is 6.04 Å². The van der Waals surface area contributed by atoms with Crippen LogP contribution in [0.25, 0.3) is 0 Å². The third kappa shape index (κ3) is 2.44. The molecule has 1 saturated carbocycles. The standard InChI is InChI=1S/C13H16F2N2O/c1-7(8-3-2-4-8)17-13(18)10-5-9(14)6-11(16)12(10)15/h5-8H,2-4,16H2,1H3,(H,17,18). The molecule has 2 rings (SSSR count). The van der Waals surface area contributed by atoms with Crippen molar-refractivity contribution in [3.05, 3.63) is 29.3 Å². The first-order valence-electron chi connectivity index (χ1n) is 6.04. The molecule has 5 heteroatoms. The van der Waals surface area contributed by atoms with Gasteiger partial charge in [-0.05, 0) is 37.8 Å². The fourth-order valence-electron chi connectivity index (χ4n) is 2.12. The normalized spacial score (nSPS) is 17.1. The lowest BCUT2D eigenvalue weighted by Gasteiger charge is -2.31. The van der Waals surface area contributed by atoms with Gasteiger partial charge in [0.2, 0.25) is 0 Å². The van der Waals surface area contributed by atoms with Gasteiger partial charge in [-0.3, -0.25) is 4.79 Å². The molecule has 0 bridgehead atoms. The zero-order chi connectivity index (χ0) is 13.3. The summed E-state index contributed by atoms with van der Waals surface area (Å²) in [5.74, 6) is -1.76. The highest BCUT2D eigenvalue weighted by Crippen LogP contribution is 2.29. The largest absolute Gasteiger partial charge is 0.396 e. The Morgan fingerprint density at radius 3 is 2.67 bits per heavy atom. The van der Waals surface area contributed by atoms with Crippen LogP contribution in [0.4, 0.5) is 14.5 Å². The monoisotopic (exact) mass is 254 g/mol. The van der Waals surface area contributed by atoms with Crippen LogP contribution in [0.3, 0.4) is 0 Å². The molecule has 18 heavy (non-hydrogen) atoms. The summed E-state index contributed by atoms with van der Waals surface area (Å²) in [6, 6.07) is 1.70. The molecule has 0 heterocycles. The number of nitrogens with two attached hydrogens (primary N) is 1. The Hall–Kier alpha value is -1.65. The predicted octanol–water partition coefficient (Wildman–Crippen LogP) is 2.47. The fraction of sp³-hybridized carbons (Fsp3) is 0.462. The van der Waals surface area contributed by atoms with Crippen molar-refractivity contribution in [1.29, 1.82) is 0 Å². The van der Waals surface area contributed by atoms with E-state index in [0.717, 1.165) is 31.4 Å². The highest BCUT2D eigenvalue weighted by atomic mass is 19.1. The summed E-state index contributed by atoms with van der Waals surface area (Å²) in [7, 11) is 0. The Bertz CT molecular complexity index is 472. The van der Waals surface area contributed by atoms with Crippen LogP contribution in [-0.4, -0.2) is 11.9 Å². The third-order valence-electron chi connectivity index (χ3n) is 3.53. The van der Waals surface area contributed by atoms with Crippen LogP contribution in [0.2, 0.25) is 0 Å². The van der Waals surface area contributed by atoms with Crippen LogP contribution in [0.1, 0.15) is 36.5 Å². The number of halogens is 2. The molecule has 1 aliphatic carbocycles. The van der Waals surface area contributed by atoms with Gasteiger partial charge in [0.05, 0.1) is 11.3 Å². The molecule has 0 spiro atoms. The summed E-state index contributed by atoms with van der Waals surface area (Å²) in [6.45, 7) is 1.88. The van der Waals surface area contributed by atoms with Gasteiger partial charge >= 0.3 is 0 Å². The molecule has 1 amide bonds. The Balaban J connectivity index is 2.13. The molecule has 98 valence electrons. The van der Waals surface area contributed by atoms with E-state index >= 15 is 0 Å². The van der Waals surface area contributed by atoms with E-state index in [1.54, 1.807) is 0 Å². The van der Waals surface area contributed by atoms with Crippen LogP contribution in [0, 0.1) is 17.6 Å². The van der Waals surface area contributed by atoms with Gasteiger partial charge in [-0.15, -0.1) is 0 Å². The van der Waals surface area contributed by atoms with E-state index in [9.17, 15) is 13.6 Å². The number of rotatable bonds is 3. The summed E-state index contributed by atoms with van der Waals surface area (Å²) >= 11 is 0. The molecule has 0 aliphatic heterocycles. The average molecular weight is 254 g/mol. The number of hydrogen-bond donors (Lipinski definition) is 2. The molecule has 1 aliphatic rings. The van der Waals surface area contributed by atoms with Gasteiger partial charge in [-0.1, -0.05) is 6.42 Å². The Morgan fingerprint density at radius 1 is 1.44 bits per heavy atom. The first-order valence-corrected chi connectivity index (χ1v) is 6.04. The van der Waals surface area contributed by atoms with Crippen molar-refractivity contribution in [2.75, 3.05) is 5.73 Å². The third-order valence-corrected chi connectivity index (χ3v) is 3.53. The van der Waals surface area contributed by atoms with E-state index in [0.29, 0.717) is 5.92 Å². The van der Waals surface area contributed by atoms with Gasteiger partial charge in [-0.25, -0.2) is 8.78 Å². The number of amides is 1. The van der Waals surface area contributed by atoms with Crippen LogP contribution in [-0.2, 0) is 0 Å².